The lowest BCUT2D eigenvalue weighted by Crippen LogP contribution is -2.56. The molecule has 0 radical (unpaired) electrons. The van der Waals surface area contributed by atoms with Gasteiger partial charge in [-0.05, 0) is 52.0 Å². The van der Waals surface area contributed by atoms with E-state index >= 15 is 0 Å². The molecule has 122 valence electrons. The van der Waals surface area contributed by atoms with Crippen LogP contribution in [0.25, 0.3) is 0 Å². The fourth-order valence-electron chi connectivity index (χ4n) is 2.66. The summed E-state index contributed by atoms with van der Waals surface area (Å²) in [4.78, 5) is 16.7. The molecule has 1 atom stereocenters. The Morgan fingerprint density at radius 3 is 2.18 bits per heavy atom. The van der Waals surface area contributed by atoms with Gasteiger partial charge in [-0.2, -0.15) is 0 Å². The van der Waals surface area contributed by atoms with E-state index in [9.17, 15) is 9.18 Å². The van der Waals surface area contributed by atoms with Crippen LogP contribution in [0.1, 0.15) is 27.7 Å². The van der Waals surface area contributed by atoms with Gasteiger partial charge in [0.1, 0.15) is 5.82 Å². The Morgan fingerprint density at radius 2 is 1.68 bits per heavy atom. The van der Waals surface area contributed by atoms with Crippen LogP contribution in [0.2, 0.25) is 0 Å². The van der Waals surface area contributed by atoms with Gasteiger partial charge in [0, 0.05) is 37.4 Å². The molecule has 2 rings (SSSR count). The summed E-state index contributed by atoms with van der Waals surface area (Å²) in [7, 11) is 0. The lowest BCUT2D eigenvalue weighted by molar-refractivity contribution is -0.127. The fraction of sp³-hybridized carbons (Fsp3) is 0.588. The van der Waals surface area contributed by atoms with Gasteiger partial charge in [-0.1, -0.05) is 0 Å². The summed E-state index contributed by atoms with van der Waals surface area (Å²) in [5.74, 6) is -0.141. The van der Waals surface area contributed by atoms with E-state index in [1.807, 2.05) is 27.7 Å². The van der Waals surface area contributed by atoms with Gasteiger partial charge in [-0.25, -0.2) is 4.39 Å². The molecule has 0 aromatic heterocycles. The summed E-state index contributed by atoms with van der Waals surface area (Å²) in [6.07, 6.45) is 0. The molecule has 1 amide bonds. The van der Waals surface area contributed by atoms with Crippen LogP contribution in [-0.4, -0.2) is 48.6 Å². The Bertz CT molecular complexity index is 502. The third kappa shape index (κ3) is 4.44. The maximum Gasteiger partial charge on any atom is 0.237 e. The molecule has 1 N–H and O–H groups in total. The fourth-order valence-corrected chi connectivity index (χ4v) is 2.66. The minimum atomic E-state index is -0.213. The van der Waals surface area contributed by atoms with Crippen LogP contribution in [0.5, 0.6) is 0 Å². The summed E-state index contributed by atoms with van der Waals surface area (Å²) in [5.41, 5.74) is 0.828. The molecular formula is C17H26FN3O. The average molecular weight is 307 g/mol. The van der Waals surface area contributed by atoms with Gasteiger partial charge in [0.05, 0.1) is 6.04 Å². The Morgan fingerprint density at radius 1 is 1.14 bits per heavy atom. The quantitative estimate of drug-likeness (QED) is 0.930. The number of nitrogens with one attached hydrogen (secondary N) is 1. The number of hydrogen-bond donors (Lipinski definition) is 1. The predicted molar refractivity (Wildman–Crippen MR) is 87.5 cm³/mol. The molecule has 4 nitrogen and oxygen atoms in total. The van der Waals surface area contributed by atoms with Gasteiger partial charge >= 0.3 is 0 Å². The standard InChI is InChI=1S/C17H26FN3O/c1-13(16(22)19-17(2,3)4)20-9-11-21(12-10-20)15-7-5-14(18)6-8-15/h5-8,13H,9-12H2,1-4H3,(H,19,22)/t13-/m0/s1. The summed E-state index contributed by atoms with van der Waals surface area (Å²) in [6.45, 7) is 11.3. The number of hydrogen-bond acceptors (Lipinski definition) is 3. The summed E-state index contributed by atoms with van der Waals surface area (Å²) in [6, 6.07) is 6.46. The Hall–Kier alpha value is -1.62. The maximum atomic E-state index is 13.0. The highest BCUT2D eigenvalue weighted by atomic mass is 19.1. The third-order valence-electron chi connectivity index (χ3n) is 3.93. The molecule has 1 aliphatic rings. The minimum Gasteiger partial charge on any atom is -0.369 e. The van der Waals surface area contributed by atoms with E-state index in [4.69, 9.17) is 0 Å². The number of carbonyl (C=O) groups is 1. The van der Waals surface area contributed by atoms with Gasteiger partial charge in [0.2, 0.25) is 5.91 Å². The molecule has 0 spiro atoms. The van der Waals surface area contributed by atoms with Gasteiger partial charge in [0.15, 0.2) is 0 Å². The van der Waals surface area contributed by atoms with E-state index in [2.05, 4.69) is 15.1 Å². The van der Waals surface area contributed by atoms with Crippen molar-refractivity contribution >= 4 is 11.6 Å². The van der Waals surface area contributed by atoms with Crippen molar-refractivity contribution in [3.05, 3.63) is 30.1 Å². The van der Waals surface area contributed by atoms with Crippen LogP contribution >= 0.6 is 0 Å². The van der Waals surface area contributed by atoms with Crippen LogP contribution in [0.15, 0.2) is 24.3 Å². The van der Waals surface area contributed by atoms with Crippen molar-refractivity contribution in [1.29, 1.82) is 0 Å². The van der Waals surface area contributed by atoms with Crippen molar-refractivity contribution in [2.24, 2.45) is 0 Å². The first kappa shape index (κ1) is 16.7. The summed E-state index contributed by atoms with van der Waals surface area (Å²) in [5, 5.41) is 3.03. The zero-order valence-corrected chi connectivity index (χ0v) is 13.9. The number of carbonyl (C=O) groups excluding carboxylic acids is 1. The molecule has 22 heavy (non-hydrogen) atoms. The molecule has 0 unspecified atom stereocenters. The minimum absolute atomic E-state index is 0.0720. The number of rotatable bonds is 3. The average Bonchev–Trinajstić information content (AvgIpc) is 2.46. The van der Waals surface area contributed by atoms with Crippen LogP contribution in [0.4, 0.5) is 10.1 Å². The highest BCUT2D eigenvalue weighted by Gasteiger charge is 2.27. The number of piperazine rings is 1. The van der Waals surface area contributed by atoms with E-state index in [0.717, 1.165) is 31.9 Å². The second kappa shape index (κ2) is 6.65. The lowest BCUT2D eigenvalue weighted by atomic mass is 10.1. The molecule has 5 heteroatoms. The van der Waals surface area contributed by atoms with E-state index in [1.165, 1.54) is 12.1 Å². The molecule has 1 aromatic rings. The molecule has 1 heterocycles. The Kier molecular flexibility index (Phi) is 5.06. The molecular weight excluding hydrogens is 281 g/mol. The number of amides is 1. The lowest BCUT2D eigenvalue weighted by Gasteiger charge is -2.39. The zero-order chi connectivity index (χ0) is 16.3. The third-order valence-corrected chi connectivity index (χ3v) is 3.93. The van der Waals surface area contributed by atoms with Crippen molar-refractivity contribution in [2.75, 3.05) is 31.1 Å². The molecule has 1 aliphatic heterocycles. The molecule has 1 saturated heterocycles. The van der Waals surface area contributed by atoms with Crippen molar-refractivity contribution in [2.45, 2.75) is 39.3 Å². The van der Waals surface area contributed by atoms with Crippen molar-refractivity contribution in [3.8, 4) is 0 Å². The largest absolute Gasteiger partial charge is 0.369 e. The van der Waals surface area contributed by atoms with Gasteiger partial charge < -0.3 is 10.2 Å². The molecule has 0 aliphatic carbocycles. The monoisotopic (exact) mass is 307 g/mol. The first-order valence-electron chi connectivity index (χ1n) is 7.83. The van der Waals surface area contributed by atoms with Crippen molar-refractivity contribution in [3.63, 3.8) is 0 Å². The molecule has 1 fully saturated rings. The van der Waals surface area contributed by atoms with E-state index < -0.39 is 0 Å². The molecule has 0 saturated carbocycles. The topological polar surface area (TPSA) is 35.6 Å². The maximum absolute atomic E-state index is 13.0. The van der Waals surface area contributed by atoms with Crippen molar-refractivity contribution < 1.29 is 9.18 Å². The first-order chi connectivity index (χ1) is 10.3. The number of anilines is 1. The van der Waals surface area contributed by atoms with Crippen LogP contribution in [0, 0.1) is 5.82 Å². The van der Waals surface area contributed by atoms with E-state index in [-0.39, 0.29) is 23.3 Å². The zero-order valence-electron chi connectivity index (χ0n) is 13.9. The second-order valence-electron chi connectivity index (χ2n) is 6.91. The van der Waals surface area contributed by atoms with Crippen LogP contribution < -0.4 is 10.2 Å². The Balaban J connectivity index is 1.88. The molecule has 1 aromatic carbocycles. The molecule has 0 bridgehead atoms. The summed E-state index contributed by atoms with van der Waals surface area (Å²) < 4.78 is 13.0. The van der Waals surface area contributed by atoms with Gasteiger partial charge in [-0.15, -0.1) is 0 Å². The van der Waals surface area contributed by atoms with Gasteiger partial charge in [0.25, 0.3) is 0 Å². The van der Waals surface area contributed by atoms with Gasteiger partial charge in [-0.3, -0.25) is 9.69 Å². The SMILES string of the molecule is C[C@@H](C(=O)NC(C)(C)C)N1CCN(c2ccc(F)cc2)CC1. The highest BCUT2D eigenvalue weighted by molar-refractivity contribution is 5.82. The van der Waals surface area contributed by atoms with Crippen LogP contribution in [0.3, 0.4) is 0 Å². The van der Waals surface area contributed by atoms with E-state index in [1.54, 1.807) is 12.1 Å². The number of benzene rings is 1. The second-order valence-corrected chi connectivity index (χ2v) is 6.91. The highest BCUT2D eigenvalue weighted by Crippen LogP contribution is 2.18. The normalized spacial score (nSPS) is 18.1. The van der Waals surface area contributed by atoms with E-state index in [0.29, 0.717) is 0 Å². The number of halogens is 1. The van der Waals surface area contributed by atoms with Crippen LogP contribution in [-0.2, 0) is 4.79 Å². The smallest absolute Gasteiger partial charge is 0.237 e. The summed E-state index contributed by atoms with van der Waals surface area (Å²) >= 11 is 0. The number of nitrogens with zero attached hydrogens (tertiary/aromatic N) is 2. The Labute approximate surface area is 132 Å². The van der Waals surface area contributed by atoms with Crippen molar-refractivity contribution in [1.82, 2.24) is 10.2 Å². The first-order valence-corrected chi connectivity index (χ1v) is 7.83. The predicted octanol–water partition coefficient (Wildman–Crippen LogP) is 2.25.